The molecule has 0 aromatic carbocycles. The molecule has 0 atom stereocenters. The van der Waals surface area contributed by atoms with Gasteiger partial charge in [0.2, 0.25) is 5.91 Å². The third-order valence-corrected chi connectivity index (χ3v) is 2.33. The highest BCUT2D eigenvalue weighted by atomic mass is 16.2. The predicted octanol–water partition coefficient (Wildman–Crippen LogP) is -0.288. The second kappa shape index (κ2) is 5.61. The van der Waals surface area contributed by atoms with Crippen molar-refractivity contribution < 1.29 is 19.2 Å². The molecule has 7 nitrogen and oxygen atoms in total. The van der Waals surface area contributed by atoms with Crippen molar-refractivity contribution in [3.8, 4) is 0 Å². The Balaban J connectivity index is 2.72. The molecular formula is C11H17N3O4. The van der Waals surface area contributed by atoms with E-state index in [1.165, 1.54) is 0 Å². The Bertz CT molecular complexity index is 392. The smallest absolute Gasteiger partial charge is 0.334 e. The molecular weight excluding hydrogens is 238 g/mol. The quantitative estimate of drug-likeness (QED) is 0.540. The fourth-order valence-electron chi connectivity index (χ4n) is 1.62. The third-order valence-electron chi connectivity index (χ3n) is 2.33. The van der Waals surface area contributed by atoms with E-state index in [-0.39, 0.29) is 12.6 Å². The van der Waals surface area contributed by atoms with Crippen molar-refractivity contribution in [2.24, 2.45) is 0 Å². The van der Waals surface area contributed by atoms with Crippen LogP contribution in [0.1, 0.15) is 27.2 Å². The second-order valence-corrected chi connectivity index (χ2v) is 4.35. The zero-order chi connectivity index (χ0) is 13.9. The van der Waals surface area contributed by atoms with Crippen LogP contribution in [0.4, 0.5) is 4.79 Å². The van der Waals surface area contributed by atoms with Crippen LogP contribution in [0.2, 0.25) is 0 Å². The van der Waals surface area contributed by atoms with E-state index in [9.17, 15) is 19.2 Å². The van der Waals surface area contributed by atoms with Crippen LogP contribution in [0.5, 0.6) is 0 Å². The molecule has 1 N–H and O–H groups in total. The Kier molecular flexibility index (Phi) is 4.41. The second-order valence-electron chi connectivity index (χ2n) is 4.35. The lowest BCUT2D eigenvalue weighted by Gasteiger charge is -2.15. The molecule has 100 valence electrons. The van der Waals surface area contributed by atoms with Gasteiger partial charge in [0.15, 0.2) is 0 Å². The van der Waals surface area contributed by atoms with Crippen molar-refractivity contribution in [2.75, 3.05) is 13.1 Å². The molecule has 5 amide bonds. The van der Waals surface area contributed by atoms with Crippen LogP contribution in [0.25, 0.3) is 0 Å². The summed E-state index contributed by atoms with van der Waals surface area (Å²) >= 11 is 0. The van der Waals surface area contributed by atoms with Crippen LogP contribution in [-0.2, 0) is 14.4 Å². The number of carbonyl (C=O) groups excluding carboxylic acids is 4. The van der Waals surface area contributed by atoms with Crippen molar-refractivity contribution in [2.45, 2.75) is 33.2 Å². The maximum atomic E-state index is 11.8. The van der Waals surface area contributed by atoms with Gasteiger partial charge in [-0.05, 0) is 20.3 Å². The minimum atomic E-state index is -0.938. The molecule has 1 saturated heterocycles. The summed E-state index contributed by atoms with van der Waals surface area (Å²) in [6.07, 6.45) is 0.566. The first-order valence-corrected chi connectivity index (χ1v) is 5.85. The summed E-state index contributed by atoms with van der Waals surface area (Å²) in [6.45, 7) is 5.09. The number of imide groups is 2. The first-order chi connectivity index (χ1) is 8.38. The van der Waals surface area contributed by atoms with Gasteiger partial charge < -0.3 is 5.32 Å². The summed E-state index contributed by atoms with van der Waals surface area (Å²) in [5.41, 5.74) is 0. The number of urea groups is 1. The molecule has 0 spiro atoms. The Labute approximate surface area is 105 Å². The highest BCUT2D eigenvalue weighted by Gasteiger charge is 2.44. The first-order valence-electron chi connectivity index (χ1n) is 5.85. The Morgan fingerprint density at radius 1 is 1.17 bits per heavy atom. The van der Waals surface area contributed by atoms with E-state index in [1.54, 1.807) is 20.8 Å². The maximum Gasteiger partial charge on any atom is 0.334 e. The van der Waals surface area contributed by atoms with Crippen LogP contribution in [-0.4, -0.2) is 52.7 Å². The minimum absolute atomic E-state index is 0.0900. The monoisotopic (exact) mass is 255 g/mol. The van der Waals surface area contributed by atoms with Gasteiger partial charge in [0.25, 0.3) is 0 Å². The Morgan fingerprint density at radius 3 is 2.22 bits per heavy atom. The maximum absolute atomic E-state index is 11.8. The lowest BCUT2D eigenvalue weighted by molar-refractivity contribution is -0.144. The van der Waals surface area contributed by atoms with Gasteiger partial charge in [0.05, 0.1) is 0 Å². The van der Waals surface area contributed by atoms with E-state index >= 15 is 0 Å². The Morgan fingerprint density at radius 2 is 1.72 bits per heavy atom. The number of hydrogen-bond donors (Lipinski definition) is 1. The number of amides is 5. The highest BCUT2D eigenvalue weighted by molar-refractivity contribution is 6.45. The fourth-order valence-corrected chi connectivity index (χ4v) is 1.62. The SMILES string of the molecule is CCCN1C(=O)C(=O)N(CC(=O)NC(C)C)C1=O. The molecule has 0 saturated carbocycles. The van der Waals surface area contributed by atoms with E-state index < -0.39 is 30.3 Å². The summed E-state index contributed by atoms with van der Waals surface area (Å²) < 4.78 is 0. The number of nitrogens with one attached hydrogen (secondary N) is 1. The van der Waals surface area contributed by atoms with Crippen LogP contribution < -0.4 is 5.32 Å². The van der Waals surface area contributed by atoms with Gasteiger partial charge in [-0.3, -0.25) is 19.3 Å². The molecule has 7 heteroatoms. The number of hydrogen-bond acceptors (Lipinski definition) is 4. The Hall–Kier alpha value is -1.92. The molecule has 0 bridgehead atoms. The lowest BCUT2D eigenvalue weighted by atomic mass is 10.4. The van der Waals surface area contributed by atoms with Crippen LogP contribution in [0, 0.1) is 0 Å². The molecule has 18 heavy (non-hydrogen) atoms. The number of carbonyl (C=O) groups is 4. The molecule has 1 heterocycles. The van der Waals surface area contributed by atoms with Crippen LogP contribution in [0.3, 0.4) is 0 Å². The average Bonchev–Trinajstić information content (AvgIpc) is 2.46. The topological polar surface area (TPSA) is 86.8 Å². The lowest BCUT2D eigenvalue weighted by Crippen LogP contribution is -2.43. The summed E-state index contributed by atoms with van der Waals surface area (Å²) in [6, 6.07) is -0.807. The van der Waals surface area contributed by atoms with Crippen molar-refractivity contribution in [3.63, 3.8) is 0 Å². The van der Waals surface area contributed by atoms with Crippen molar-refractivity contribution >= 4 is 23.8 Å². The van der Waals surface area contributed by atoms with Gasteiger partial charge in [-0.25, -0.2) is 9.69 Å². The number of rotatable bonds is 5. The normalized spacial score (nSPS) is 15.9. The summed E-state index contributed by atoms with van der Waals surface area (Å²) in [7, 11) is 0. The molecule has 1 fully saturated rings. The van der Waals surface area contributed by atoms with Gasteiger partial charge in [-0.15, -0.1) is 0 Å². The van der Waals surface area contributed by atoms with Crippen molar-refractivity contribution in [3.05, 3.63) is 0 Å². The molecule has 0 aromatic heterocycles. The third kappa shape index (κ3) is 2.85. The van der Waals surface area contributed by atoms with Gasteiger partial charge in [-0.2, -0.15) is 0 Å². The van der Waals surface area contributed by atoms with Gasteiger partial charge in [0.1, 0.15) is 6.54 Å². The van der Waals surface area contributed by atoms with Gasteiger partial charge in [-0.1, -0.05) is 6.92 Å². The minimum Gasteiger partial charge on any atom is -0.352 e. The number of nitrogens with zero attached hydrogens (tertiary/aromatic N) is 2. The molecule has 1 rings (SSSR count). The predicted molar refractivity (Wildman–Crippen MR) is 62.4 cm³/mol. The molecule has 0 radical (unpaired) electrons. The molecule has 0 aliphatic carbocycles. The zero-order valence-electron chi connectivity index (χ0n) is 10.7. The van der Waals surface area contributed by atoms with Crippen molar-refractivity contribution in [1.29, 1.82) is 0 Å². The van der Waals surface area contributed by atoms with E-state index in [0.29, 0.717) is 11.3 Å². The van der Waals surface area contributed by atoms with Gasteiger partial charge >= 0.3 is 17.8 Å². The van der Waals surface area contributed by atoms with Crippen molar-refractivity contribution in [1.82, 2.24) is 15.1 Å². The molecule has 1 aliphatic heterocycles. The summed E-state index contributed by atoms with van der Waals surface area (Å²) in [4.78, 5) is 47.9. The zero-order valence-corrected chi connectivity index (χ0v) is 10.7. The standard InChI is InChI=1S/C11H17N3O4/c1-4-5-13-9(16)10(17)14(11(13)18)6-8(15)12-7(2)3/h7H,4-6H2,1-3H3,(H,12,15). The average molecular weight is 255 g/mol. The van der Waals surface area contributed by atoms with E-state index in [0.717, 1.165) is 4.90 Å². The molecule has 0 aromatic rings. The van der Waals surface area contributed by atoms with Gasteiger partial charge in [0, 0.05) is 12.6 Å². The highest BCUT2D eigenvalue weighted by Crippen LogP contribution is 2.11. The van der Waals surface area contributed by atoms with E-state index in [1.807, 2.05) is 0 Å². The van der Waals surface area contributed by atoms with Crippen LogP contribution in [0.15, 0.2) is 0 Å². The summed E-state index contributed by atoms with van der Waals surface area (Å²) in [5.74, 6) is -2.26. The van der Waals surface area contributed by atoms with E-state index in [2.05, 4.69) is 5.32 Å². The summed E-state index contributed by atoms with van der Waals surface area (Å²) in [5, 5.41) is 2.56. The first kappa shape index (κ1) is 14.1. The molecule has 0 unspecified atom stereocenters. The largest absolute Gasteiger partial charge is 0.352 e. The van der Waals surface area contributed by atoms with E-state index in [4.69, 9.17) is 0 Å². The van der Waals surface area contributed by atoms with Crippen LogP contribution >= 0.6 is 0 Å². The molecule has 1 aliphatic rings. The fraction of sp³-hybridized carbons (Fsp3) is 0.636.